The third-order valence-electron chi connectivity index (χ3n) is 3.02. The van der Waals surface area contributed by atoms with Crippen LogP contribution in [0.15, 0.2) is 0 Å². The Bertz CT molecular complexity index is 446. The van der Waals surface area contributed by atoms with Crippen molar-refractivity contribution in [3.05, 3.63) is 11.5 Å². The molecule has 1 aromatic rings. The van der Waals surface area contributed by atoms with Gasteiger partial charge in [-0.05, 0) is 26.7 Å². The first kappa shape index (κ1) is 17.5. The van der Waals surface area contributed by atoms with E-state index in [1.807, 2.05) is 11.5 Å². The van der Waals surface area contributed by atoms with Gasteiger partial charge in [0.15, 0.2) is 5.69 Å². The molecule has 1 aromatic heterocycles. The highest BCUT2D eigenvalue weighted by Crippen LogP contribution is 2.16. The lowest BCUT2D eigenvalue weighted by Crippen LogP contribution is -2.11. The molecule has 7 heteroatoms. The number of esters is 1. The predicted molar refractivity (Wildman–Crippen MR) is 79.3 cm³/mol. The van der Waals surface area contributed by atoms with Gasteiger partial charge in [-0.25, -0.2) is 9.78 Å². The number of carbonyl (C=O) groups is 1. The second-order valence-electron chi connectivity index (χ2n) is 4.58. The average molecular weight is 299 g/mol. The first-order valence-electron chi connectivity index (χ1n) is 7.18. The molecule has 0 unspecified atom stereocenters. The van der Waals surface area contributed by atoms with E-state index in [2.05, 4.69) is 4.98 Å². The lowest BCUT2D eigenvalue weighted by atomic mass is 10.3. The zero-order valence-electron chi connectivity index (χ0n) is 13.1. The van der Waals surface area contributed by atoms with Crippen molar-refractivity contribution in [2.45, 2.75) is 33.2 Å². The SMILES string of the molecule is CCOC(=O)c1nc(C)n(CCCCOCCOC)c1N. The molecule has 0 aliphatic carbocycles. The van der Waals surface area contributed by atoms with Crippen LogP contribution in [0.4, 0.5) is 5.82 Å². The minimum absolute atomic E-state index is 0.200. The number of nitrogen functional groups attached to an aromatic ring is 1. The van der Waals surface area contributed by atoms with Crippen molar-refractivity contribution in [1.82, 2.24) is 9.55 Å². The van der Waals surface area contributed by atoms with Crippen LogP contribution in [0.2, 0.25) is 0 Å². The fourth-order valence-corrected chi connectivity index (χ4v) is 1.93. The molecule has 0 atom stereocenters. The van der Waals surface area contributed by atoms with Gasteiger partial charge in [0.2, 0.25) is 0 Å². The molecule has 0 aliphatic rings. The summed E-state index contributed by atoms with van der Waals surface area (Å²) in [6.45, 7) is 6.49. The molecular formula is C14H25N3O4. The van der Waals surface area contributed by atoms with Crippen LogP contribution in [0, 0.1) is 6.92 Å². The number of anilines is 1. The quantitative estimate of drug-likeness (QED) is 0.519. The molecule has 0 aromatic carbocycles. The van der Waals surface area contributed by atoms with Crippen molar-refractivity contribution >= 4 is 11.8 Å². The Kier molecular flexibility index (Phi) is 7.78. The largest absolute Gasteiger partial charge is 0.461 e. The van der Waals surface area contributed by atoms with E-state index < -0.39 is 5.97 Å². The van der Waals surface area contributed by atoms with E-state index in [-0.39, 0.29) is 5.69 Å². The Balaban J connectivity index is 2.43. The van der Waals surface area contributed by atoms with E-state index >= 15 is 0 Å². The van der Waals surface area contributed by atoms with Crippen LogP contribution in [0.1, 0.15) is 36.1 Å². The van der Waals surface area contributed by atoms with Crippen LogP contribution in [0.3, 0.4) is 0 Å². The number of nitrogens with zero attached hydrogens (tertiary/aromatic N) is 2. The van der Waals surface area contributed by atoms with Gasteiger partial charge in [-0.15, -0.1) is 0 Å². The fourth-order valence-electron chi connectivity index (χ4n) is 1.93. The van der Waals surface area contributed by atoms with Gasteiger partial charge < -0.3 is 24.5 Å². The monoisotopic (exact) mass is 299 g/mol. The highest BCUT2D eigenvalue weighted by atomic mass is 16.5. The Labute approximate surface area is 125 Å². The molecule has 0 radical (unpaired) electrons. The van der Waals surface area contributed by atoms with Crippen LogP contribution in [-0.2, 0) is 20.8 Å². The lowest BCUT2D eigenvalue weighted by Gasteiger charge is -2.08. The van der Waals surface area contributed by atoms with Gasteiger partial charge >= 0.3 is 5.97 Å². The van der Waals surface area contributed by atoms with E-state index in [1.165, 1.54) is 0 Å². The maximum atomic E-state index is 11.7. The van der Waals surface area contributed by atoms with Gasteiger partial charge in [0.25, 0.3) is 0 Å². The van der Waals surface area contributed by atoms with Crippen LogP contribution >= 0.6 is 0 Å². The molecule has 120 valence electrons. The van der Waals surface area contributed by atoms with E-state index in [9.17, 15) is 4.79 Å². The number of hydrogen-bond acceptors (Lipinski definition) is 6. The highest BCUT2D eigenvalue weighted by molar-refractivity contribution is 5.92. The van der Waals surface area contributed by atoms with Crippen LogP contribution in [-0.4, -0.2) is 49.1 Å². The summed E-state index contributed by atoms with van der Waals surface area (Å²) in [4.78, 5) is 15.9. The summed E-state index contributed by atoms with van der Waals surface area (Å²) in [7, 11) is 1.65. The molecule has 0 aliphatic heterocycles. The average Bonchev–Trinajstić information content (AvgIpc) is 2.74. The molecule has 0 amide bonds. The van der Waals surface area contributed by atoms with Crippen LogP contribution in [0.25, 0.3) is 0 Å². The molecule has 0 bridgehead atoms. The van der Waals surface area contributed by atoms with Crippen molar-refractivity contribution in [3.8, 4) is 0 Å². The number of aromatic nitrogens is 2. The Morgan fingerprint density at radius 3 is 2.71 bits per heavy atom. The molecule has 21 heavy (non-hydrogen) atoms. The number of hydrogen-bond donors (Lipinski definition) is 1. The molecule has 1 heterocycles. The molecule has 0 saturated heterocycles. The standard InChI is InChI=1S/C14H25N3O4/c1-4-21-14(18)12-13(15)17(11(2)16-12)7-5-6-8-20-10-9-19-3/h4-10,15H2,1-3H3. The second kappa shape index (κ2) is 9.36. The molecule has 7 nitrogen and oxygen atoms in total. The van der Waals surface area contributed by atoms with Crippen molar-refractivity contribution in [2.75, 3.05) is 39.3 Å². The molecule has 0 fully saturated rings. The summed E-state index contributed by atoms with van der Waals surface area (Å²) in [5.41, 5.74) is 6.17. The topological polar surface area (TPSA) is 88.6 Å². The highest BCUT2D eigenvalue weighted by Gasteiger charge is 2.19. The zero-order chi connectivity index (χ0) is 15.7. The number of rotatable bonds is 10. The third-order valence-corrected chi connectivity index (χ3v) is 3.02. The minimum Gasteiger partial charge on any atom is -0.461 e. The predicted octanol–water partition coefficient (Wildman–Crippen LogP) is 1.39. The Morgan fingerprint density at radius 2 is 2.05 bits per heavy atom. The van der Waals surface area contributed by atoms with E-state index in [4.69, 9.17) is 19.9 Å². The van der Waals surface area contributed by atoms with Crippen molar-refractivity contribution in [1.29, 1.82) is 0 Å². The zero-order valence-corrected chi connectivity index (χ0v) is 13.1. The Morgan fingerprint density at radius 1 is 1.29 bits per heavy atom. The summed E-state index contributed by atoms with van der Waals surface area (Å²) >= 11 is 0. The van der Waals surface area contributed by atoms with Gasteiger partial charge in [0.05, 0.1) is 19.8 Å². The van der Waals surface area contributed by atoms with E-state index in [1.54, 1.807) is 14.0 Å². The lowest BCUT2D eigenvalue weighted by molar-refractivity contribution is 0.0521. The summed E-state index contributed by atoms with van der Waals surface area (Å²) in [6, 6.07) is 0. The van der Waals surface area contributed by atoms with E-state index in [0.717, 1.165) is 18.7 Å². The van der Waals surface area contributed by atoms with Crippen LogP contribution in [0.5, 0.6) is 0 Å². The maximum Gasteiger partial charge on any atom is 0.360 e. The normalized spacial score (nSPS) is 10.8. The number of ether oxygens (including phenoxy) is 3. The molecule has 1 rings (SSSR count). The molecular weight excluding hydrogens is 274 g/mol. The number of methoxy groups -OCH3 is 1. The number of aryl methyl sites for hydroxylation is 1. The second-order valence-corrected chi connectivity index (χ2v) is 4.58. The summed E-state index contributed by atoms with van der Waals surface area (Å²) in [5.74, 6) is 0.613. The summed E-state index contributed by atoms with van der Waals surface area (Å²) < 4.78 is 17.1. The van der Waals surface area contributed by atoms with Gasteiger partial charge in [0.1, 0.15) is 11.6 Å². The Hall–Kier alpha value is -1.60. The van der Waals surface area contributed by atoms with Gasteiger partial charge in [0, 0.05) is 20.3 Å². The summed E-state index contributed by atoms with van der Waals surface area (Å²) in [6.07, 6.45) is 1.81. The third kappa shape index (κ3) is 5.35. The molecule has 0 saturated carbocycles. The van der Waals surface area contributed by atoms with Crippen LogP contribution < -0.4 is 5.73 Å². The summed E-state index contributed by atoms with van der Waals surface area (Å²) in [5, 5.41) is 0. The number of imidazole rings is 1. The fraction of sp³-hybridized carbons (Fsp3) is 0.714. The number of nitrogens with two attached hydrogens (primary N) is 1. The van der Waals surface area contributed by atoms with Crippen molar-refractivity contribution < 1.29 is 19.0 Å². The van der Waals surface area contributed by atoms with Crippen molar-refractivity contribution in [3.63, 3.8) is 0 Å². The van der Waals surface area contributed by atoms with Gasteiger partial charge in [-0.1, -0.05) is 0 Å². The van der Waals surface area contributed by atoms with Gasteiger partial charge in [-0.3, -0.25) is 0 Å². The number of unbranched alkanes of at least 4 members (excludes halogenated alkanes) is 1. The van der Waals surface area contributed by atoms with Gasteiger partial charge in [-0.2, -0.15) is 0 Å². The van der Waals surface area contributed by atoms with E-state index in [0.29, 0.717) is 38.8 Å². The first-order valence-corrected chi connectivity index (χ1v) is 7.18. The molecule has 0 spiro atoms. The van der Waals surface area contributed by atoms with Crippen molar-refractivity contribution in [2.24, 2.45) is 0 Å². The number of carbonyl (C=O) groups excluding carboxylic acids is 1. The minimum atomic E-state index is -0.472. The smallest absolute Gasteiger partial charge is 0.360 e. The maximum absolute atomic E-state index is 11.7. The molecule has 2 N–H and O–H groups in total. The first-order chi connectivity index (χ1) is 10.1.